The summed E-state index contributed by atoms with van der Waals surface area (Å²) in [6.45, 7) is 5.41. The van der Waals surface area contributed by atoms with E-state index in [2.05, 4.69) is 22.5 Å². The maximum absolute atomic E-state index is 11.6. The Balaban J connectivity index is 1.72. The van der Waals surface area contributed by atoms with E-state index in [1.807, 2.05) is 7.05 Å². The van der Waals surface area contributed by atoms with Crippen molar-refractivity contribution in [3.8, 4) is 0 Å². The van der Waals surface area contributed by atoms with Crippen molar-refractivity contribution < 1.29 is 8.42 Å². The summed E-state index contributed by atoms with van der Waals surface area (Å²) < 4.78 is 24.7. The average molecular weight is 359 g/mol. The van der Waals surface area contributed by atoms with E-state index in [1.54, 1.807) is 4.31 Å². The SMILES string of the molecule is CCC1(CNC(=NC)NCC2CCN(S(C)(=O)=O)CC2)CCCC1. The molecule has 0 aromatic carbocycles. The topological polar surface area (TPSA) is 73.8 Å². The first kappa shape index (κ1) is 19.5. The molecule has 0 radical (unpaired) electrons. The van der Waals surface area contributed by atoms with Crippen LogP contribution in [-0.4, -0.2) is 58.2 Å². The van der Waals surface area contributed by atoms with Crippen molar-refractivity contribution in [1.29, 1.82) is 0 Å². The van der Waals surface area contributed by atoms with Gasteiger partial charge in [-0.25, -0.2) is 12.7 Å². The van der Waals surface area contributed by atoms with Crippen molar-refractivity contribution >= 4 is 16.0 Å². The maximum atomic E-state index is 11.6. The fourth-order valence-corrected chi connectivity index (χ4v) is 4.83. The molecule has 0 aromatic heterocycles. The predicted molar refractivity (Wildman–Crippen MR) is 99.7 cm³/mol. The van der Waals surface area contributed by atoms with Gasteiger partial charge < -0.3 is 10.6 Å². The molecule has 1 aliphatic heterocycles. The summed E-state index contributed by atoms with van der Waals surface area (Å²) in [5.74, 6) is 1.38. The van der Waals surface area contributed by atoms with Crippen molar-refractivity contribution in [3.63, 3.8) is 0 Å². The highest BCUT2D eigenvalue weighted by molar-refractivity contribution is 7.88. The summed E-state index contributed by atoms with van der Waals surface area (Å²) >= 11 is 0. The Bertz CT molecular complexity index is 519. The van der Waals surface area contributed by atoms with Crippen LogP contribution in [0, 0.1) is 11.3 Å². The largest absolute Gasteiger partial charge is 0.356 e. The van der Waals surface area contributed by atoms with Gasteiger partial charge in [-0.1, -0.05) is 19.8 Å². The van der Waals surface area contributed by atoms with Crippen LogP contribution in [0.15, 0.2) is 4.99 Å². The lowest BCUT2D eigenvalue weighted by Crippen LogP contribution is -2.46. The molecule has 0 spiro atoms. The van der Waals surface area contributed by atoms with Crippen molar-refractivity contribution in [2.45, 2.75) is 51.9 Å². The lowest BCUT2D eigenvalue weighted by atomic mass is 9.83. The van der Waals surface area contributed by atoms with E-state index < -0.39 is 10.0 Å². The zero-order valence-corrected chi connectivity index (χ0v) is 16.3. The van der Waals surface area contributed by atoms with Crippen LogP contribution < -0.4 is 10.6 Å². The number of piperidine rings is 1. The number of nitrogens with zero attached hydrogens (tertiary/aromatic N) is 2. The van der Waals surface area contributed by atoms with E-state index in [0.717, 1.165) is 31.9 Å². The highest BCUT2D eigenvalue weighted by Gasteiger charge is 2.32. The molecular weight excluding hydrogens is 324 g/mol. The summed E-state index contributed by atoms with van der Waals surface area (Å²) in [5, 5.41) is 6.94. The average Bonchev–Trinajstić information content (AvgIpc) is 3.04. The molecule has 1 saturated heterocycles. The third-order valence-electron chi connectivity index (χ3n) is 5.87. The van der Waals surface area contributed by atoms with Gasteiger partial charge in [0.1, 0.15) is 0 Å². The molecule has 0 amide bonds. The summed E-state index contributed by atoms with van der Waals surface area (Å²) in [5.41, 5.74) is 0.443. The summed E-state index contributed by atoms with van der Waals surface area (Å²) in [4.78, 5) is 4.34. The van der Waals surface area contributed by atoms with E-state index in [1.165, 1.54) is 38.4 Å². The van der Waals surface area contributed by atoms with Gasteiger partial charge in [0.05, 0.1) is 6.26 Å². The van der Waals surface area contributed by atoms with Crippen LogP contribution in [0.4, 0.5) is 0 Å². The zero-order valence-electron chi connectivity index (χ0n) is 15.5. The number of guanidine groups is 1. The molecule has 0 unspecified atom stereocenters. The van der Waals surface area contributed by atoms with Crippen molar-refractivity contribution in [1.82, 2.24) is 14.9 Å². The Morgan fingerprint density at radius 1 is 1.21 bits per heavy atom. The van der Waals surface area contributed by atoms with Crippen LogP contribution in [0.2, 0.25) is 0 Å². The number of hydrogen-bond acceptors (Lipinski definition) is 3. The Labute approximate surface area is 147 Å². The Kier molecular flexibility index (Phi) is 6.92. The fraction of sp³-hybridized carbons (Fsp3) is 0.941. The van der Waals surface area contributed by atoms with Gasteiger partial charge in [0.2, 0.25) is 10.0 Å². The van der Waals surface area contributed by atoms with Gasteiger partial charge in [0.25, 0.3) is 0 Å². The van der Waals surface area contributed by atoms with Crippen LogP contribution in [0.25, 0.3) is 0 Å². The number of rotatable bonds is 6. The van der Waals surface area contributed by atoms with Crippen LogP contribution in [0.3, 0.4) is 0 Å². The molecule has 2 N–H and O–H groups in total. The molecule has 7 heteroatoms. The number of sulfonamides is 1. The second-order valence-electron chi connectivity index (χ2n) is 7.47. The van der Waals surface area contributed by atoms with E-state index >= 15 is 0 Å². The van der Waals surface area contributed by atoms with Crippen molar-refractivity contribution in [2.75, 3.05) is 39.5 Å². The highest BCUT2D eigenvalue weighted by atomic mass is 32.2. The van der Waals surface area contributed by atoms with Gasteiger partial charge in [-0.2, -0.15) is 0 Å². The van der Waals surface area contributed by atoms with Gasteiger partial charge in [-0.15, -0.1) is 0 Å². The number of aliphatic imine (C=N–C) groups is 1. The van der Waals surface area contributed by atoms with E-state index in [9.17, 15) is 8.42 Å². The molecule has 6 nitrogen and oxygen atoms in total. The van der Waals surface area contributed by atoms with Gasteiger partial charge in [-0.3, -0.25) is 4.99 Å². The first-order chi connectivity index (χ1) is 11.4. The first-order valence-corrected chi connectivity index (χ1v) is 11.1. The lowest BCUT2D eigenvalue weighted by molar-refractivity contribution is 0.271. The van der Waals surface area contributed by atoms with E-state index in [0.29, 0.717) is 24.4 Å². The Hall–Kier alpha value is -0.820. The zero-order chi connectivity index (χ0) is 17.6. The van der Waals surface area contributed by atoms with Crippen LogP contribution >= 0.6 is 0 Å². The third kappa shape index (κ3) is 5.34. The van der Waals surface area contributed by atoms with E-state index in [4.69, 9.17) is 0 Å². The van der Waals surface area contributed by atoms with Crippen LogP contribution in [-0.2, 0) is 10.0 Å². The fourth-order valence-electron chi connectivity index (χ4n) is 3.96. The lowest BCUT2D eigenvalue weighted by Gasteiger charge is -2.31. The smallest absolute Gasteiger partial charge is 0.211 e. The molecule has 2 fully saturated rings. The second-order valence-corrected chi connectivity index (χ2v) is 9.46. The number of hydrogen-bond donors (Lipinski definition) is 2. The van der Waals surface area contributed by atoms with Gasteiger partial charge >= 0.3 is 0 Å². The molecule has 140 valence electrons. The Morgan fingerprint density at radius 3 is 2.33 bits per heavy atom. The minimum Gasteiger partial charge on any atom is -0.356 e. The second kappa shape index (κ2) is 8.52. The molecule has 0 bridgehead atoms. The molecule has 0 atom stereocenters. The summed E-state index contributed by atoms with van der Waals surface area (Å²) in [6, 6.07) is 0. The molecule has 2 aliphatic rings. The molecular formula is C17H34N4O2S. The minimum atomic E-state index is -3.04. The Morgan fingerprint density at radius 2 is 1.83 bits per heavy atom. The predicted octanol–water partition coefficient (Wildman–Crippen LogP) is 1.79. The van der Waals surface area contributed by atoms with Gasteiger partial charge in [0, 0.05) is 33.2 Å². The molecule has 1 heterocycles. The molecule has 24 heavy (non-hydrogen) atoms. The van der Waals surface area contributed by atoms with Gasteiger partial charge in [0.15, 0.2) is 5.96 Å². The quantitative estimate of drug-likeness (QED) is 0.561. The normalized spacial score (nSPS) is 23.4. The molecule has 0 aromatic rings. The van der Waals surface area contributed by atoms with Crippen LogP contribution in [0.1, 0.15) is 51.9 Å². The standard InChI is InChI=1S/C17H34N4O2S/c1-4-17(9-5-6-10-17)14-20-16(18-2)19-13-15-7-11-21(12-8-15)24(3,22)23/h15H,4-14H2,1-3H3,(H2,18,19,20). The van der Waals surface area contributed by atoms with Crippen molar-refractivity contribution in [2.24, 2.45) is 16.3 Å². The van der Waals surface area contributed by atoms with Gasteiger partial charge in [-0.05, 0) is 43.4 Å². The van der Waals surface area contributed by atoms with Crippen LogP contribution in [0.5, 0.6) is 0 Å². The van der Waals surface area contributed by atoms with Crippen molar-refractivity contribution in [3.05, 3.63) is 0 Å². The summed E-state index contributed by atoms with van der Waals surface area (Å²) in [6.07, 6.45) is 9.67. The third-order valence-corrected chi connectivity index (χ3v) is 7.17. The minimum absolute atomic E-state index is 0.443. The first-order valence-electron chi connectivity index (χ1n) is 9.28. The number of nitrogens with one attached hydrogen (secondary N) is 2. The molecule has 1 saturated carbocycles. The summed E-state index contributed by atoms with van der Waals surface area (Å²) in [7, 11) is -1.22. The van der Waals surface area contributed by atoms with E-state index in [-0.39, 0.29) is 0 Å². The molecule has 2 rings (SSSR count). The molecule has 1 aliphatic carbocycles. The highest BCUT2D eigenvalue weighted by Crippen LogP contribution is 2.40. The maximum Gasteiger partial charge on any atom is 0.211 e. The monoisotopic (exact) mass is 358 g/mol.